The van der Waals surface area contributed by atoms with E-state index in [2.05, 4.69) is 27.7 Å². The zero-order valence-electron chi connectivity index (χ0n) is 9.28. The standard InChI is InChI=1S/C11H24O/c1-6-7-8-9-11(5,12)10(2,3)4/h12H,6-9H2,1-5H3. The van der Waals surface area contributed by atoms with Crippen LogP contribution in [0.5, 0.6) is 0 Å². The van der Waals surface area contributed by atoms with Crippen LogP contribution in [0.25, 0.3) is 0 Å². The second-order valence-corrected chi connectivity index (χ2v) is 4.98. The first kappa shape index (κ1) is 12.0. The van der Waals surface area contributed by atoms with Crippen molar-refractivity contribution in [1.82, 2.24) is 0 Å². The summed E-state index contributed by atoms with van der Waals surface area (Å²) in [5, 5.41) is 10.1. The van der Waals surface area contributed by atoms with E-state index >= 15 is 0 Å². The van der Waals surface area contributed by atoms with Crippen molar-refractivity contribution in [3.8, 4) is 0 Å². The van der Waals surface area contributed by atoms with Crippen LogP contribution in [-0.4, -0.2) is 10.7 Å². The van der Waals surface area contributed by atoms with Crippen molar-refractivity contribution in [2.24, 2.45) is 5.41 Å². The van der Waals surface area contributed by atoms with Crippen LogP contribution in [0, 0.1) is 5.41 Å². The summed E-state index contributed by atoms with van der Waals surface area (Å²) in [5.41, 5.74) is -0.511. The minimum absolute atomic E-state index is 0.000736. The van der Waals surface area contributed by atoms with Crippen LogP contribution >= 0.6 is 0 Å². The Kier molecular flexibility index (Phi) is 4.25. The third-order valence-corrected chi connectivity index (χ3v) is 2.88. The van der Waals surface area contributed by atoms with Crippen molar-refractivity contribution in [2.45, 2.75) is 65.9 Å². The fourth-order valence-electron chi connectivity index (χ4n) is 1.09. The van der Waals surface area contributed by atoms with Crippen LogP contribution in [0.2, 0.25) is 0 Å². The predicted octanol–water partition coefficient (Wildman–Crippen LogP) is 3.36. The first-order valence-corrected chi connectivity index (χ1v) is 5.03. The lowest BCUT2D eigenvalue weighted by atomic mass is 9.75. The molecule has 0 aromatic carbocycles. The van der Waals surface area contributed by atoms with Crippen LogP contribution in [0.1, 0.15) is 60.3 Å². The maximum atomic E-state index is 10.1. The van der Waals surface area contributed by atoms with Crippen LogP contribution < -0.4 is 0 Å². The van der Waals surface area contributed by atoms with Gasteiger partial charge in [-0.25, -0.2) is 0 Å². The van der Waals surface area contributed by atoms with Crippen molar-refractivity contribution >= 4 is 0 Å². The Labute approximate surface area is 77.2 Å². The number of rotatable bonds is 4. The van der Waals surface area contributed by atoms with E-state index in [0.29, 0.717) is 0 Å². The molecule has 0 aliphatic heterocycles. The molecule has 0 spiro atoms. The molecule has 0 fully saturated rings. The molecule has 1 N–H and O–H groups in total. The molecule has 12 heavy (non-hydrogen) atoms. The Morgan fingerprint density at radius 2 is 1.50 bits per heavy atom. The Morgan fingerprint density at radius 1 is 1.00 bits per heavy atom. The fourth-order valence-corrected chi connectivity index (χ4v) is 1.09. The fraction of sp³-hybridized carbons (Fsp3) is 1.00. The van der Waals surface area contributed by atoms with E-state index in [1.807, 2.05) is 6.92 Å². The molecule has 0 saturated heterocycles. The van der Waals surface area contributed by atoms with Crippen molar-refractivity contribution in [3.63, 3.8) is 0 Å². The van der Waals surface area contributed by atoms with Gasteiger partial charge in [-0.05, 0) is 18.8 Å². The van der Waals surface area contributed by atoms with E-state index in [0.717, 1.165) is 12.8 Å². The average Bonchev–Trinajstić information content (AvgIpc) is 1.85. The minimum atomic E-state index is -0.512. The molecular weight excluding hydrogens is 148 g/mol. The lowest BCUT2D eigenvalue weighted by Crippen LogP contribution is -2.39. The molecule has 0 aromatic rings. The minimum Gasteiger partial charge on any atom is -0.390 e. The molecule has 1 unspecified atom stereocenters. The molecule has 0 amide bonds. The summed E-state index contributed by atoms with van der Waals surface area (Å²) in [7, 11) is 0. The van der Waals surface area contributed by atoms with Crippen molar-refractivity contribution < 1.29 is 5.11 Å². The number of aliphatic hydroxyl groups is 1. The summed E-state index contributed by atoms with van der Waals surface area (Å²) >= 11 is 0. The molecule has 0 heterocycles. The highest BCUT2D eigenvalue weighted by Crippen LogP contribution is 2.33. The summed E-state index contributed by atoms with van der Waals surface area (Å²) in [6.45, 7) is 10.4. The summed E-state index contributed by atoms with van der Waals surface area (Å²) in [6, 6.07) is 0. The Morgan fingerprint density at radius 3 is 1.83 bits per heavy atom. The van der Waals surface area contributed by atoms with Gasteiger partial charge in [-0.3, -0.25) is 0 Å². The molecule has 1 atom stereocenters. The van der Waals surface area contributed by atoms with Gasteiger partial charge in [-0.2, -0.15) is 0 Å². The molecule has 0 aliphatic carbocycles. The smallest absolute Gasteiger partial charge is 0.0667 e. The molecule has 0 bridgehead atoms. The van der Waals surface area contributed by atoms with Gasteiger partial charge < -0.3 is 5.11 Å². The zero-order valence-corrected chi connectivity index (χ0v) is 9.28. The first-order chi connectivity index (χ1) is 5.31. The maximum Gasteiger partial charge on any atom is 0.0667 e. The van der Waals surface area contributed by atoms with Crippen molar-refractivity contribution in [2.75, 3.05) is 0 Å². The van der Waals surface area contributed by atoms with E-state index < -0.39 is 5.60 Å². The Bertz CT molecular complexity index is 119. The third kappa shape index (κ3) is 3.57. The Balaban J connectivity index is 3.88. The molecule has 1 heteroatoms. The second-order valence-electron chi connectivity index (χ2n) is 4.98. The lowest BCUT2D eigenvalue weighted by Gasteiger charge is -2.37. The zero-order chi connectivity index (χ0) is 9.83. The molecule has 0 radical (unpaired) electrons. The van der Waals surface area contributed by atoms with Gasteiger partial charge in [-0.1, -0.05) is 47.0 Å². The van der Waals surface area contributed by atoms with E-state index in [-0.39, 0.29) is 5.41 Å². The van der Waals surface area contributed by atoms with Gasteiger partial charge in [0.25, 0.3) is 0 Å². The van der Waals surface area contributed by atoms with Crippen molar-refractivity contribution in [3.05, 3.63) is 0 Å². The van der Waals surface area contributed by atoms with Crippen LogP contribution in [0.3, 0.4) is 0 Å². The van der Waals surface area contributed by atoms with Crippen LogP contribution in [0.4, 0.5) is 0 Å². The van der Waals surface area contributed by atoms with Crippen LogP contribution in [-0.2, 0) is 0 Å². The lowest BCUT2D eigenvalue weighted by molar-refractivity contribution is -0.0496. The quantitative estimate of drug-likeness (QED) is 0.645. The first-order valence-electron chi connectivity index (χ1n) is 5.03. The summed E-state index contributed by atoms with van der Waals surface area (Å²) < 4.78 is 0. The number of hydrogen-bond acceptors (Lipinski definition) is 1. The summed E-state index contributed by atoms with van der Waals surface area (Å²) in [5.74, 6) is 0. The highest BCUT2D eigenvalue weighted by molar-refractivity contribution is 4.85. The molecule has 0 saturated carbocycles. The van der Waals surface area contributed by atoms with Gasteiger partial charge in [0.05, 0.1) is 5.60 Å². The molecule has 0 rings (SSSR count). The molecule has 74 valence electrons. The van der Waals surface area contributed by atoms with Crippen molar-refractivity contribution in [1.29, 1.82) is 0 Å². The molecule has 1 nitrogen and oxygen atoms in total. The highest BCUT2D eigenvalue weighted by Gasteiger charge is 2.34. The summed E-state index contributed by atoms with van der Waals surface area (Å²) in [4.78, 5) is 0. The SMILES string of the molecule is CCCCCC(C)(O)C(C)(C)C. The largest absolute Gasteiger partial charge is 0.390 e. The highest BCUT2D eigenvalue weighted by atomic mass is 16.3. The summed E-state index contributed by atoms with van der Waals surface area (Å²) in [6.07, 6.45) is 4.51. The predicted molar refractivity (Wildman–Crippen MR) is 54.2 cm³/mol. The second kappa shape index (κ2) is 4.27. The molecule has 0 aliphatic rings. The van der Waals surface area contributed by atoms with Gasteiger partial charge in [0.2, 0.25) is 0 Å². The van der Waals surface area contributed by atoms with E-state index in [1.165, 1.54) is 12.8 Å². The molecular formula is C11H24O. The average molecular weight is 172 g/mol. The van der Waals surface area contributed by atoms with Gasteiger partial charge in [-0.15, -0.1) is 0 Å². The van der Waals surface area contributed by atoms with E-state index in [4.69, 9.17) is 0 Å². The normalized spacial score (nSPS) is 17.5. The topological polar surface area (TPSA) is 20.2 Å². The van der Waals surface area contributed by atoms with Gasteiger partial charge in [0, 0.05) is 0 Å². The maximum absolute atomic E-state index is 10.1. The third-order valence-electron chi connectivity index (χ3n) is 2.88. The monoisotopic (exact) mass is 172 g/mol. The number of hydrogen-bond donors (Lipinski definition) is 1. The van der Waals surface area contributed by atoms with E-state index in [9.17, 15) is 5.11 Å². The Hall–Kier alpha value is -0.0400. The van der Waals surface area contributed by atoms with Gasteiger partial charge in [0.1, 0.15) is 0 Å². The molecule has 0 aromatic heterocycles. The van der Waals surface area contributed by atoms with Gasteiger partial charge in [0.15, 0.2) is 0 Å². The number of unbranched alkanes of at least 4 members (excludes halogenated alkanes) is 2. The van der Waals surface area contributed by atoms with Gasteiger partial charge >= 0.3 is 0 Å². The van der Waals surface area contributed by atoms with Crippen LogP contribution in [0.15, 0.2) is 0 Å². The van der Waals surface area contributed by atoms with E-state index in [1.54, 1.807) is 0 Å².